The molecule has 2 aliphatic rings. The number of fused-ring (bicyclic) bond motifs is 3. The van der Waals surface area contributed by atoms with Crippen LogP contribution >= 0.6 is 0 Å². The highest BCUT2D eigenvalue weighted by atomic mass is 28.3. The second-order valence-electron chi connectivity index (χ2n) is 8.55. The predicted octanol–water partition coefficient (Wildman–Crippen LogP) is 3.45. The summed E-state index contributed by atoms with van der Waals surface area (Å²) in [6.07, 6.45) is -0.915. The van der Waals surface area contributed by atoms with Crippen LogP contribution in [0.3, 0.4) is 0 Å². The molecule has 164 valence electrons. The molecule has 0 fully saturated rings. The molecule has 2 amide bonds. The van der Waals surface area contributed by atoms with Crippen LogP contribution in [0.5, 0.6) is 11.5 Å². The lowest BCUT2D eigenvalue weighted by molar-refractivity contribution is -0.121. The van der Waals surface area contributed by atoms with Crippen LogP contribution in [0.1, 0.15) is 17.2 Å². The number of hydrogen-bond donors (Lipinski definition) is 2. The molecule has 7 nitrogen and oxygen atoms in total. The number of amides is 2. The van der Waals surface area contributed by atoms with E-state index in [0.29, 0.717) is 29.0 Å². The zero-order chi connectivity index (χ0) is 22.5. The van der Waals surface area contributed by atoms with Crippen molar-refractivity contribution >= 4 is 30.9 Å². The fourth-order valence-electron chi connectivity index (χ4n) is 4.15. The Morgan fingerprint density at radius 3 is 2.45 bits per heavy atom. The summed E-state index contributed by atoms with van der Waals surface area (Å²) in [5.41, 5.74) is 1.08. The molecule has 2 aliphatic heterocycles. The Bertz CT molecular complexity index is 1060. The van der Waals surface area contributed by atoms with Crippen molar-refractivity contribution in [3.8, 4) is 11.5 Å². The smallest absolute Gasteiger partial charge is 0.408 e. The first-order chi connectivity index (χ1) is 14.6. The number of carbonyl (C=O) groups excluding carboxylic acids is 1. The van der Waals surface area contributed by atoms with E-state index in [1.165, 1.54) is 0 Å². The summed E-state index contributed by atoms with van der Waals surface area (Å²) in [4.78, 5) is 25.9. The van der Waals surface area contributed by atoms with Gasteiger partial charge >= 0.3 is 6.09 Å². The van der Waals surface area contributed by atoms with Crippen LogP contribution in [0.15, 0.2) is 24.3 Å². The molecule has 2 N–H and O–H groups in total. The van der Waals surface area contributed by atoms with E-state index in [9.17, 15) is 23.5 Å². The van der Waals surface area contributed by atoms with Crippen LogP contribution < -0.4 is 20.0 Å². The molecule has 0 saturated carbocycles. The molecule has 0 aromatic heterocycles. The third-order valence-electron chi connectivity index (χ3n) is 5.44. The summed E-state index contributed by atoms with van der Waals surface area (Å²) in [5.74, 6) is -1.12. The minimum absolute atomic E-state index is 0.0489. The van der Waals surface area contributed by atoms with Crippen LogP contribution in [-0.2, 0) is 11.2 Å². The van der Waals surface area contributed by atoms with Gasteiger partial charge in [-0.05, 0) is 30.2 Å². The van der Waals surface area contributed by atoms with E-state index < -0.39 is 37.8 Å². The van der Waals surface area contributed by atoms with Crippen LogP contribution in [0, 0.1) is 11.6 Å². The molecule has 2 aromatic carbocycles. The van der Waals surface area contributed by atoms with Gasteiger partial charge in [-0.3, -0.25) is 9.69 Å². The van der Waals surface area contributed by atoms with Gasteiger partial charge in [0.05, 0.1) is 8.07 Å². The molecule has 2 aromatic rings. The van der Waals surface area contributed by atoms with Crippen LogP contribution in [0.4, 0.5) is 19.3 Å². The molecule has 4 rings (SSSR count). The number of halogens is 2. The Labute approximate surface area is 178 Å². The first-order valence-corrected chi connectivity index (χ1v) is 13.3. The van der Waals surface area contributed by atoms with Crippen molar-refractivity contribution in [3.05, 3.63) is 47.0 Å². The highest BCUT2D eigenvalue weighted by Gasteiger charge is 2.39. The number of hydrogen-bond acceptors (Lipinski definition) is 4. The number of nitrogens with zero attached hydrogens (tertiary/aromatic N) is 1. The number of ether oxygens (including phenoxy) is 2. The average Bonchev–Trinajstić information content (AvgIpc) is 3.14. The minimum Gasteiger partial charge on any atom is -0.465 e. The molecule has 0 radical (unpaired) electrons. The molecular formula is C21H22F2N2O5Si. The highest BCUT2D eigenvalue weighted by Crippen LogP contribution is 2.43. The van der Waals surface area contributed by atoms with Gasteiger partial charge in [-0.15, -0.1) is 0 Å². The predicted molar refractivity (Wildman–Crippen MR) is 112 cm³/mol. The molecule has 1 atom stereocenters. The summed E-state index contributed by atoms with van der Waals surface area (Å²) in [7, 11) is -2.28. The van der Waals surface area contributed by atoms with Gasteiger partial charge in [-0.1, -0.05) is 25.7 Å². The van der Waals surface area contributed by atoms with Gasteiger partial charge < -0.3 is 19.9 Å². The van der Waals surface area contributed by atoms with Gasteiger partial charge in [0.15, 0.2) is 11.5 Å². The molecule has 0 spiro atoms. The first kappa shape index (κ1) is 21.1. The highest BCUT2D eigenvalue weighted by molar-refractivity contribution is 6.88. The molecule has 0 saturated heterocycles. The average molecular weight is 448 g/mol. The second kappa shape index (κ2) is 7.52. The zero-order valence-corrected chi connectivity index (χ0v) is 18.3. The fraction of sp³-hybridized carbons (Fsp3) is 0.333. The van der Waals surface area contributed by atoms with Crippen LogP contribution in [-0.4, -0.2) is 43.4 Å². The summed E-state index contributed by atoms with van der Waals surface area (Å²) in [6.45, 7) is 5.58. The number of carboxylic acid groups (broad SMARTS) is 1. The van der Waals surface area contributed by atoms with E-state index in [2.05, 4.69) is 5.32 Å². The third-order valence-corrected chi connectivity index (χ3v) is 7.42. The topological polar surface area (TPSA) is 88.1 Å². The van der Waals surface area contributed by atoms with E-state index in [1.807, 2.05) is 19.6 Å². The Balaban J connectivity index is 1.70. The van der Waals surface area contributed by atoms with Crippen molar-refractivity contribution in [2.24, 2.45) is 0 Å². The fourth-order valence-corrected chi connectivity index (χ4v) is 5.73. The molecule has 10 heteroatoms. The number of benzene rings is 2. The van der Waals surface area contributed by atoms with E-state index in [0.717, 1.165) is 17.0 Å². The van der Waals surface area contributed by atoms with Gasteiger partial charge in [0.25, 0.3) is 5.91 Å². The van der Waals surface area contributed by atoms with Crippen molar-refractivity contribution in [3.63, 3.8) is 0 Å². The SMILES string of the molecule is C[Si](C)(C)c1c(F)cc(NC(=O)[C@@H]2c3ccc4c(c3CCN2C(=O)O)OCO4)cc1F. The van der Waals surface area contributed by atoms with E-state index >= 15 is 0 Å². The summed E-state index contributed by atoms with van der Waals surface area (Å²) in [6, 6.07) is 4.19. The lowest BCUT2D eigenvalue weighted by Gasteiger charge is -2.34. The Morgan fingerprint density at radius 2 is 1.84 bits per heavy atom. The molecule has 0 unspecified atom stereocenters. The first-order valence-electron chi connectivity index (χ1n) is 9.79. The summed E-state index contributed by atoms with van der Waals surface area (Å²) < 4.78 is 40.1. The Hall–Kier alpha value is -3.14. The van der Waals surface area contributed by atoms with E-state index in [-0.39, 0.29) is 24.2 Å². The molecule has 2 heterocycles. The number of rotatable bonds is 3. The molecule has 0 aliphatic carbocycles. The van der Waals surface area contributed by atoms with Crippen LogP contribution in [0.25, 0.3) is 0 Å². The molecule has 31 heavy (non-hydrogen) atoms. The number of carbonyl (C=O) groups is 2. The summed E-state index contributed by atoms with van der Waals surface area (Å²) >= 11 is 0. The van der Waals surface area contributed by atoms with Gasteiger partial charge in [0.1, 0.15) is 17.7 Å². The maximum Gasteiger partial charge on any atom is 0.408 e. The van der Waals surface area contributed by atoms with Gasteiger partial charge in [-0.2, -0.15) is 0 Å². The van der Waals surface area contributed by atoms with Crippen LogP contribution in [0.2, 0.25) is 19.6 Å². The van der Waals surface area contributed by atoms with Crippen molar-refractivity contribution in [1.29, 1.82) is 0 Å². The van der Waals surface area contributed by atoms with Gasteiger partial charge in [0, 0.05) is 23.0 Å². The molecular weight excluding hydrogens is 426 g/mol. The van der Waals surface area contributed by atoms with E-state index in [4.69, 9.17) is 9.47 Å². The Morgan fingerprint density at radius 1 is 1.16 bits per heavy atom. The van der Waals surface area contributed by atoms with Gasteiger partial charge in [0.2, 0.25) is 6.79 Å². The van der Waals surface area contributed by atoms with Crippen molar-refractivity contribution in [1.82, 2.24) is 4.90 Å². The normalized spacial score (nSPS) is 17.3. The lowest BCUT2D eigenvalue weighted by atomic mass is 9.91. The zero-order valence-electron chi connectivity index (χ0n) is 17.3. The lowest BCUT2D eigenvalue weighted by Crippen LogP contribution is -2.45. The monoisotopic (exact) mass is 448 g/mol. The third kappa shape index (κ3) is 3.71. The number of anilines is 1. The van der Waals surface area contributed by atoms with E-state index in [1.54, 1.807) is 12.1 Å². The largest absolute Gasteiger partial charge is 0.465 e. The quantitative estimate of drug-likeness (QED) is 0.703. The van der Waals surface area contributed by atoms with Crippen molar-refractivity contribution in [2.75, 3.05) is 18.7 Å². The molecule has 0 bridgehead atoms. The summed E-state index contributed by atoms with van der Waals surface area (Å²) in [5, 5.41) is 12.2. The maximum atomic E-state index is 14.6. The van der Waals surface area contributed by atoms with Crippen molar-refractivity contribution in [2.45, 2.75) is 32.1 Å². The van der Waals surface area contributed by atoms with Gasteiger partial charge in [-0.25, -0.2) is 13.6 Å². The van der Waals surface area contributed by atoms with Crippen molar-refractivity contribution < 1.29 is 33.0 Å². The number of nitrogens with one attached hydrogen (secondary N) is 1. The maximum absolute atomic E-state index is 14.6. The standard InChI is InChI=1S/C21H22F2N2O5Si/c1-31(2,3)19-14(22)8-11(9-15(19)23)24-20(26)17-12-4-5-16-18(30-10-29-16)13(12)6-7-25(17)21(27)28/h4-5,8-9,17H,6-7,10H2,1-3H3,(H,24,26)(H,27,28)/t17-/m0/s1. The second-order valence-corrected chi connectivity index (χ2v) is 13.5. The Kier molecular flexibility index (Phi) is 5.12. The minimum atomic E-state index is -2.28.